The average molecular weight is 194 g/mol. The Bertz CT molecular complexity index is 160. The molecule has 1 atom stereocenters. The second-order valence-corrected chi connectivity index (χ2v) is 3.21. The molecule has 0 saturated heterocycles. The van der Waals surface area contributed by atoms with Crippen molar-refractivity contribution in [2.45, 2.75) is 26.4 Å². The van der Waals surface area contributed by atoms with Crippen LogP contribution in [0.15, 0.2) is 5.16 Å². The first-order valence-corrected chi connectivity index (χ1v) is 4.69. The summed E-state index contributed by atoms with van der Waals surface area (Å²) in [6.45, 7) is 3.77. The predicted octanol–water partition coefficient (Wildman–Crippen LogP) is 1.94. The molecule has 0 aromatic heterocycles. The highest BCUT2D eigenvalue weighted by atomic mass is 31.1. The maximum Gasteiger partial charge on any atom is 0.697 e. The third-order valence-corrected chi connectivity index (χ3v) is 1.81. The van der Waals surface area contributed by atoms with E-state index >= 15 is 0 Å². The molecule has 0 amide bonds. The van der Waals surface area contributed by atoms with Crippen LogP contribution >= 0.6 is 8.25 Å². The van der Waals surface area contributed by atoms with Crippen LogP contribution in [0.3, 0.4) is 0 Å². The molecule has 70 valence electrons. The van der Waals surface area contributed by atoms with Crippen LogP contribution in [-0.2, 0) is 13.6 Å². The van der Waals surface area contributed by atoms with Crippen LogP contribution in [0.5, 0.6) is 0 Å². The summed E-state index contributed by atoms with van der Waals surface area (Å²) in [5.41, 5.74) is 0. The first-order valence-electron chi connectivity index (χ1n) is 3.59. The topological polar surface area (TPSA) is 68.1 Å². The molecule has 0 radical (unpaired) electrons. The zero-order chi connectivity index (χ0) is 9.40. The Kier molecular flexibility index (Phi) is 6.85. The van der Waals surface area contributed by atoms with Crippen molar-refractivity contribution < 1.29 is 18.8 Å². The fourth-order valence-electron chi connectivity index (χ4n) is 0.440. The fraction of sp³-hybridized carbons (Fsp3) is 0.833. The van der Waals surface area contributed by atoms with E-state index in [1.807, 2.05) is 0 Å². The summed E-state index contributed by atoms with van der Waals surface area (Å²) < 4.78 is 20.4. The van der Waals surface area contributed by atoms with Crippen molar-refractivity contribution in [2.24, 2.45) is 5.16 Å². The minimum Gasteiger partial charge on any atom is -0.411 e. The highest BCUT2D eigenvalue weighted by molar-refractivity contribution is 7.33. The summed E-state index contributed by atoms with van der Waals surface area (Å²) in [4.78, 5) is 0. The molecule has 0 bridgehead atoms. The minimum atomic E-state index is -2.03. The van der Waals surface area contributed by atoms with E-state index in [0.29, 0.717) is 6.42 Å². The first kappa shape index (κ1) is 11.5. The van der Waals surface area contributed by atoms with Crippen molar-refractivity contribution in [1.29, 1.82) is 0 Å². The van der Waals surface area contributed by atoms with Crippen LogP contribution in [0, 0.1) is 0 Å². The van der Waals surface area contributed by atoms with Gasteiger partial charge in [-0.3, -0.25) is 0 Å². The van der Waals surface area contributed by atoms with Gasteiger partial charge >= 0.3 is 8.25 Å². The SMILES string of the molecule is CC(C)O[P+](=O)OCCC=NO. The lowest BCUT2D eigenvalue weighted by Crippen LogP contribution is -1.97. The molecule has 5 nitrogen and oxygen atoms in total. The molecule has 0 aliphatic rings. The van der Waals surface area contributed by atoms with E-state index in [9.17, 15) is 4.57 Å². The van der Waals surface area contributed by atoms with Crippen molar-refractivity contribution in [2.75, 3.05) is 6.61 Å². The normalized spacial score (nSPS) is 12.8. The Labute approximate surface area is 72.3 Å². The molecule has 0 aromatic rings. The van der Waals surface area contributed by atoms with Gasteiger partial charge in [-0.2, -0.15) is 0 Å². The molecule has 0 fully saturated rings. The minimum absolute atomic E-state index is 0.111. The Morgan fingerprint density at radius 1 is 1.67 bits per heavy atom. The van der Waals surface area contributed by atoms with Gasteiger partial charge in [-0.25, -0.2) is 0 Å². The number of rotatable bonds is 6. The monoisotopic (exact) mass is 194 g/mol. The van der Waals surface area contributed by atoms with Crippen LogP contribution in [0.2, 0.25) is 0 Å². The van der Waals surface area contributed by atoms with Crippen molar-refractivity contribution >= 4 is 14.5 Å². The summed E-state index contributed by atoms with van der Waals surface area (Å²) >= 11 is 0. The standard InChI is InChI=1S/C6H12NO4P/c1-6(2)11-12(9)10-5-3-4-7-8/h4,6H,3,5H2,1-2H3/p+1. The lowest BCUT2D eigenvalue weighted by atomic mass is 10.5. The summed E-state index contributed by atoms with van der Waals surface area (Å²) in [7, 11) is -2.03. The molecular formula is C6H13NO4P+. The van der Waals surface area contributed by atoms with E-state index in [1.54, 1.807) is 13.8 Å². The van der Waals surface area contributed by atoms with Crippen LogP contribution in [0.25, 0.3) is 0 Å². The largest absolute Gasteiger partial charge is 0.697 e. The molecular weight excluding hydrogens is 181 g/mol. The van der Waals surface area contributed by atoms with E-state index in [-0.39, 0.29) is 12.7 Å². The van der Waals surface area contributed by atoms with E-state index < -0.39 is 8.25 Å². The number of oxime groups is 1. The van der Waals surface area contributed by atoms with Crippen LogP contribution in [-0.4, -0.2) is 24.1 Å². The van der Waals surface area contributed by atoms with Gasteiger partial charge in [0.05, 0.1) is 0 Å². The van der Waals surface area contributed by atoms with Gasteiger partial charge in [0.1, 0.15) is 12.7 Å². The molecule has 1 unspecified atom stereocenters. The zero-order valence-electron chi connectivity index (χ0n) is 7.14. The van der Waals surface area contributed by atoms with Crippen molar-refractivity contribution in [3.63, 3.8) is 0 Å². The van der Waals surface area contributed by atoms with E-state index in [4.69, 9.17) is 14.3 Å². The van der Waals surface area contributed by atoms with Gasteiger partial charge in [-0.1, -0.05) is 0 Å². The molecule has 0 aliphatic carbocycles. The lowest BCUT2D eigenvalue weighted by molar-refractivity contribution is 0.190. The zero-order valence-corrected chi connectivity index (χ0v) is 8.03. The van der Waals surface area contributed by atoms with Gasteiger partial charge in [-0.05, 0) is 13.8 Å². The lowest BCUT2D eigenvalue weighted by Gasteiger charge is -1.91. The van der Waals surface area contributed by atoms with Crippen molar-refractivity contribution in [3.8, 4) is 0 Å². The molecule has 6 heteroatoms. The summed E-state index contributed by atoms with van der Waals surface area (Å²) in [5, 5.41) is 10.7. The predicted molar refractivity (Wildman–Crippen MR) is 44.7 cm³/mol. The summed E-state index contributed by atoms with van der Waals surface area (Å²) in [5.74, 6) is 0. The molecule has 0 heterocycles. The van der Waals surface area contributed by atoms with Gasteiger partial charge < -0.3 is 5.21 Å². The Hall–Kier alpha value is -0.510. The molecule has 0 saturated carbocycles. The van der Waals surface area contributed by atoms with Gasteiger partial charge in [-0.15, -0.1) is 14.2 Å². The van der Waals surface area contributed by atoms with E-state index in [1.165, 1.54) is 6.21 Å². The third kappa shape index (κ3) is 7.60. The van der Waals surface area contributed by atoms with Gasteiger partial charge in [0.25, 0.3) is 0 Å². The molecule has 0 aliphatic heterocycles. The Balaban J connectivity index is 3.32. The Morgan fingerprint density at radius 3 is 2.83 bits per heavy atom. The van der Waals surface area contributed by atoms with Crippen LogP contribution in [0.1, 0.15) is 20.3 Å². The number of nitrogens with zero attached hydrogens (tertiary/aromatic N) is 1. The van der Waals surface area contributed by atoms with Gasteiger partial charge in [0.15, 0.2) is 0 Å². The number of hydrogen-bond donors (Lipinski definition) is 1. The molecule has 0 aromatic carbocycles. The first-order chi connectivity index (χ1) is 5.66. The van der Waals surface area contributed by atoms with E-state index in [2.05, 4.69) is 5.16 Å². The molecule has 0 rings (SSSR count). The molecule has 0 spiro atoms. The van der Waals surface area contributed by atoms with Crippen LogP contribution < -0.4 is 0 Å². The highest BCUT2D eigenvalue weighted by Crippen LogP contribution is 2.25. The summed E-state index contributed by atoms with van der Waals surface area (Å²) in [6, 6.07) is 0. The molecule has 1 N–H and O–H groups in total. The van der Waals surface area contributed by atoms with Crippen LogP contribution in [0.4, 0.5) is 0 Å². The quantitative estimate of drug-likeness (QED) is 0.230. The smallest absolute Gasteiger partial charge is 0.411 e. The summed E-state index contributed by atoms with van der Waals surface area (Å²) in [6.07, 6.45) is 1.57. The Morgan fingerprint density at radius 2 is 2.33 bits per heavy atom. The molecule has 12 heavy (non-hydrogen) atoms. The second kappa shape index (κ2) is 7.16. The maximum atomic E-state index is 10.8. The van der Waals surface area contributed by atoms with Crippen molar-refractivity contribution in [1.82, 2.24) is 0 Å². The van der Waals surface area contributed by atoms with Crippen molar-refractivity contribution in [3.05, 3.63) is 0 Å². The second-order valence-electron chi connectivity index (χ2n) is 2.30. The van der Waals surface area contributed by atoms with Gasteiger partial charge in [0, 0.05) is 17.2 Å². The average Bonchev–Trinajstić information content (AvgIpc) is 1.97. The highest BCUT2D eigenvalue weighted by Gasteiger charge is 2.21. The maximum absolute atomic E-state index is 10.8. The van der Waals surface area contributed by atoms with Gasteiger partial charge in [0.2, 0.25) is 0 Å². The van der Waals surface area contributed by atoms with E-state index in [0.717, 1.165) is 0 Å². The third-order valence-electron chi connectivity index (χ3n) is 0.822. The number of hydrogen-bond acceptors (Lipinski definition) is 5. The fourth-order valence-corrected chi connectivity index (χ4v) is 1.10.